The van der Waals surface area contributed by atoms with Gasteiger partial charge in [0.2, 0.25) is 0 Å². The largest absolute Gasteiger partial charge is 0.385 e. The van der Waals surface area contributed by atoms with Crippen molar-refractivity contribution in [3.05, 3.63) is 12.2 Å². The van der Waals surface area contributed by atoms with Crippen LogP contribution in [0, 0.1) is 34.0 Å². The van der Waals surface area contributed by atoms with Crippen molar-refractivity contribution in [2.45, 2.75) is 64.8 Å². The van der Waals surface area contributed by atoms with E-state index >= 15 is 0 Å². The van der Waals surface area contributed by atoms with Gasteiger partial charge in [0.25, 0.3) is 0 Å². The van der Waals surface area contributed by atoms with Gasteiger partial charge >= 0.3 is 0 Å². The number of aliphatic hydroxyl groups excluding tert-OH is 1. The summed E-state index contributed by atoms with van der Waals surface area (Å²) in [6.07, 6.45) is 1.17. The maximum absolute atomic E-state index is 13.3. The summed E-state index contributed by atoms with van der Waals surface area (Å²) in [5, 5.41) is 11.1. The highest BCUT2D eigenvalue weighted by Crippen LogP contribution is 2.86. The Kier molecular flexibility index (Phi) is 2.37. The minimum absolute atomic E-state index is 0.0114. The van der Waals surface area contributed by atoms with Crippen molar-refractivity contribution >= 4 is 11.6 Å². The molecule has 0 amide bonds. The fraction of sp³-hybridized carbons (Fsp3) is 0.800. The lowest BCUT2D eigenvalue weighted by Crippen LogP contribution is -2.49. The van der Waals surface area contributed by atoms with Gasteiger partial charge in [0.1, 0.15) is 11.7 Å². The molecule has 1 saturated heterocycles. The third-order valence-corrected chi connectivity index (χ3v) is 9.23. The summed E-state index contributed by atoms with van der Waals surface area (Å²) in [6, 6.07) is 0. The molecule has 24 heavy (non-hydrogen) atoms. The molecule has 5 rings (SSSR count). The highest BCUT2D eigenvalue weighted by molar-refractivity contribution is 6.07. The summed E-state index contributed by atoms with van der Waals surface area (Å²) >= 11 is 0. The summed E-state index contributed by atoms with van der Waals surface area (Å²) in [5.41, 5.74) is -1.52. The van der Waals surface area contributed by atoms with Crippen LogP contribution in [0.15, 0.2) is 12.2 Å². The van der Waals surface area contributed by atoms with Crippen LogP contribution < -0.4 is 0 Å². The second-order valence-corrected chi connectivity index (χ2v) is 9.58. The number of carbonyl (C=O) groups excluding carboxylic acids is 2. The second-order valence-electron chi connectivity index (χ2n) is 9.58. The van der Waals surface area contributed by atoms with Crippen molar-refractivity contribution < 1.29 is 19.4 Å². The lowest BCUT2D eigenvalue weighted by Gasteiger charge is -2.46. The zero-order valence-corrected chi connectivity index (χ0v) is 14.9. The van der Waals surface area contributed by atoms with Crippen molar-refractivity contribution in [3.63, 3.8) is 0 Å². The number of Topliss-reactive ketones (excluding diaryl/α,β-unsaturated/α-hetero) is 2. The van der Waals surface area contributed by atoms with Crippen LogP contribution in [0.2, 0.25) is 0 Å². The van der Waals surface area contributed by atoms with Crippen LogP contribution in [-0.4, -0.2) is 34.5 Å². The number of aliphatic hydroxyl groups is 1. The smallest absolute Gasteiger partial charge is 0.190 e. The van der Waals surface area contributed by atoms with Gasteiger partial charge in [-0.15, -0.1) is 0 Å². The van der Waals surface area contributed by atoms with Gasteiger partial charge in [-0.2, -0.15) is 0 Å². The zero-order valence-electron chi connectivity index (χ0n) is 14.9. The van der Waals surface area contributed by atoms with E-state index in [4.69, 9.17) is 4.74 Å². The number of hydrogen-bond donors (Lipinski definition) is 1. The normalized spacial score (nSPS) is 60.5. The molecule has 4 heteroatoms. The van der Waals surface area contributed by atoms with Gasteiger partial charge < -0.3 is 9.84 Å². The average Bonchev–Trinajstić information content (AvgIpc) is 3.05. The Balaban J connectivity index is 1.76. The molecule has 8 atom stereocenters. The van der Waals surface area contributed by atoms with E-state index in [0.717, 1.165) is 19.3 Å². The van der Waals surface area contributed by atoms with Crippen LogP contribution in [0.1, 0.15) is 47.0 Å². The molecule has 130 valence electrons. The summed E-state index contributed by atoms with van der Waals surface area (Å²) in [4.78, 5) is 25.8. The Morgan fingerprint density at radius 1 is 1.29 bits per heavy atom. The standard InChI is InChI=1S/C20H26O4/c1-9(2)11-6-7-19-8-12-10(3)13(21)16-20(12,24-16)18(19,5)15(23)14(22)17(11,19)4/h9,11-12,15-16,23H,3,6-8H2,1-2,4-5H3/t11-,12?,15+,16-,17+,18+,19-,20+/m1/s1. The monoisotopic (exact) mass is 330 g/mol. The molecular formula is C20H26O4. The molecular weight excluding hydrogens is 304 g/mol. The Labute approximate surface area is 142 Å². The van der Waals surface area contributed by atoms with E-state index < -0.39 is 28.6 Å². The van der Waals surface area contributed by atoms with Crippen LogP contribution in [-0.2, 0) is 14.3 Å². The minimum Gasteiger partial charge on any atom is -0.385 e. The Morgan fingerprint density at radius 2 is 1.96 bits per heavy atom. The highest BCUT2D eigenvalue weighted by Gasteiger charge is 2.94. The fourth-order valence-corrected chi connectivity index (χ4v) is 8.10. The molecule has 4 nitrogen and oxygen atoms in total. The van der Waals surface area contributed by atoms with E-state index in [2.05, 4.69) is 27.4 Å². The van der Waals surface area contributed by atoms with Crippen LogP contribution in [0.4, 0.5) is 0 Å². The summed E-state index contributed by atoms with van der Waals surface area (Å²) in [6.45, 7) is 12.5. The molecule has 0 bridgehead atoms. The zero-order chi connectivity index (χ0) is 17.4. The van der Waals surface area contributed by atoms with Gasteiger partial charge in [-0.25, -0.2) is 0 Å². The molecule has 0 aromatic rings. The Morgan fingerprint density at radius 3 is 2.58 bits per heavy atom. The maximum Gasteiger partial charge on any atom is 0.190 e. The molecule has 0 radical (unpaired) electrons. The van der Waals surface area contributed by atoms with Gasteiger partial charge in [0, 0.05) is 16.7 Å². The first kappa shape index (κ1) is 15.3. The number of ether oxygens (including phenoxy) is 1. The molecule has 4 aliphatic carbocycles. The van der Waals surface area contributed by atoms with Crippen molar-refractivity contribution in [3.8, 4) is 0 Å². The first-order valence-corrected chi connectivity index (χ1v) is 9.24. The van der Waals surface area contributed by atoms with Crippen LogP contribution >= 0.6 is 0 Å². The molecule has 0 aromatic carbocycles. The predicted molar refractivity (Wildman–Crippen MR) is 87.1 cm³/mol. The summed E-state index contributed by atoms with van der Waals surface area (Å²) in [7, 11) is 0. The average molecular weight is 330 g/mol. The topological polar surface area (TPSA) is 66.9 Å². The van der Waals surface area contributed by atoms with Gasteiger partial charge in [-0.05, 0) is 42.1 Å². The van der Waals surface area contributed by atoms with E-state index in [1.165, 1.54) is 0 Å². The molecule has 0 aromatic heterocycles. The number of epoxide rings is 1. The first-order chi connectivity index (χ1) is 11.1. The van der Waals surface area contributed by atoms with Crippen molar-refractivity contribution in [2.75, 3.05) is 0 Å². The van der Waals surface area contributed by atoms with Crippen molar-refractivity contribution in [1.82, 2.24) is 0 Å². The van der Waals surface area contributed by atoms with Crippen LogP contribution in [0.25, 0.3) is 0 Å². The minimum atomic E-state index is -1.04. The second kappa shape index (κ2) is 3.73. The first-order valence-electron chi connectivity index (χ1n) is 9.24. The van der Waals surface area contributed by atoms with E-state index in [1.54, 1.807) is 0 Å². The molecule has 5 fully saturated rings. The number of ketones is 2. The van der Waals surface area contributed by atoms with E-state index in [1.807, 2.05) is 6.92 Å². The Hall–Kier alpha value is -1.00. The van der Waals surface area contributed by atoms with Crippen LogP contribution in [0.5, 0.6) is 0 Å². The summed E-state index contributed by atoms with van der Waals surface area (Å²) < 4.78 is 6.00. The molecule has 4 saturated carbocycles. The van der Waals surface area contributed by atoms with Gasteiger partial charge in [0.15, 0.2) is 17.7 Å². The Bertz CT molecular complexity index is 725. The molecule has 1 unspecified atom stereocenters. The highest BCUT2D eigenvalue weighted by atomic mass is 16.6. The third kappa shape index (κ3) is 1.04. The predicted octanol–water partition coefficient (Wildman–Crippen LogP) is 2.29. The molecule has 1 N–H and O–H groups in total. The van der Waals surface area contributed by atoms with Crippen molar-refractivity contribution in [2.24, 2.45) is 34.0 Å². The molecule has 5 aliphatic rings. The SMILES string of the molecule is C=C1C(=O)[C@H]2O[C@@]23C1C[C@]12CC[C@H](C(C)C)[C@@]1(C)C(=O)[C@H](O)[C@@]23C. The number of carbonyl (C=O) groups is 2. The lowest BCUT2D eigenvalue weighted by atomic mass is 9.55. The van der Waals surface area contributed by atoms with Gasteiger partial charge in [-0.3, -0.25) is 9.59 Å². The lowest BCUT2D eigenvalue weighted by molar-refractivity contribution is -0.138. The van der Waals surface area contributed by atoms with E-state index in [9.17, 15) is 14.7 Å². The number of hydrogen-bond acceptors (Lipinski definition) is 4. The van der Waals surface area contributed by atoms with E-state index in [0.29, 0.717) is 11.5 Å². The third-order valence-electron chi connectivity index (χ3n) is 9.23. The van der Waals surface area contributed by atoms with Gasteiger partial charge in [0.05, 0.1) is 0 Å². The molecule has 1 aliphatic heterocycles. The van der Waals surface area contributed by atoms with E-state index in [-0.39, 0.29) is 28.8 Å². The number of rotatable bonds is 1. The maximum atomic E-state index is 13.3. The van der Waals surface area contributed by atoms with Crippen molar-refractivity contribution in [1.29, 1.82) is 0 Å². The van der Waals surface area contributed by atoms with Gasteiger partial charge in [-0.1, -0.05) is 34.3 Å². The summed E-state index contributed by atoms with van der Waals surface area (Å²) in [5.74, 6) is 0.605. The van der Waals surface area contributed by atoms with Crippen LogP contribution in [0.3, 0.4) is 0 Å². The quantitative estimate of drug-likeness (QED) is 0.592. The molecule has 2 spiro atoms. The molecule has 1 heterocycles. The fourth-order valence-electron chi connectivity index (χ4n) is 8.10.